The molecule has 0 aliphatic carbocycles. The van der Waals surface area contributed by atoms with Gasteiger partial charge in [0.2, 0.25) is 5.91 Å². The number of amides is 2. The van der Waals surface area contributed by atoms with Crippen LogP contribution in [0, 0.1) is 5.92 Å². The minimum atomic E-state index is -0.0895. The lowest BCUT2D eigenvalue weighted by atomic mass is 9.92. The normalized spacial score (nSPS) is 20.6. The van der Waals surface area contributed by atoms with Gasteiger partial charge in [-0.25, -0.2) is 0 Å². The molecule has 3 aliphatic rings. The Bertz CT molecular complexity index is 985. The maximum atomic E-state index is 13.0. The summed E-state index contributed by atoms with van der Waals surface area (Å²) in [5.41, 5.74) is 3.31. The van der Waals surface area contributed by atoms with Gasteiger partial charge in [-0.15, -0.1) is 0 Å². The zero-order valence-electron chi connectivity index (χ0n) is 17.5. The van der Waals surface area contributed by atoms with Crippen molar-refractivity contribution in [3.8, 4) is 11.5 Å². The van der Waals surface area contributed by atoms with Crippen molar-refractivity contribution in [3.63, 3.8) is 0 Å². The van der Waals surface area contributed by atoms with Crippen LogP contribution in [-0.2, 0) is 22.6 Å². The highest BCUT2D eigenvalue weighted by Gasteiger charge is 2.34. The quantitative estimate of drug-likeness (QED) is 0.782. The van der Waals surface area contributed by atoms with Gasteiger partial charge in [0.25, 0.3) is 5.91 Å². The summed E-state index contributed by atoms with van der Waals surface area (Å²) in [5, 5.41) is 5.14. The predicted molar refractivity (Wildman–Crippen MR) is 115 cm³/mol. The summed E-state index contributed by atoms with van der Waals surface area (Å²) in [6, 6.07) is 13.8. The van der Waals surface area contributed by atoms with Crippen LogP contribution in [0.5, 0.6) is 11.5 Å². The van der Waals surface area contributed by atoms with E-state index < -0.39 is 0 Å². The van der Waals surface area contributed by atoms with E-state index in [1.54, 1.807) is 0 Å². The van der Waals surface area contributed by atoms with Crippen molar-refractivity contribution in [1.29, 1.82) is 0 Å². The summed E-state index contributed by atoms with van der Waals surface area (Å²) in [5.74, 6) is 1.48. The molecule has 3 aliphatic heterocycles. The monoisotopic (exact) mass is 422 g/mol. The molecule has 5 rings (SSSR count). The highest BCUT2D eigenvalue weighted by molar-refractivity contribution is 5.93. The summed E-state index contributed by atoms with van der Waals surface area (Å²) in [6.45, 7) is 3.16. The molecule has 0 saturated carbocycles. The lowest BCUT2D eigenvalue weighted by molar-refractivity contribution is -0.695. The molecule has 0 spiro atoms. The van der Waals surface area contributed by atoms with E-state index >= 15 is 0 Å². The van der Waals surface area contributed by atoms with E-state index in [0.29, 0.717) is 56.3 Å². The molecule has 1 atom stereocenters. The fraction of sp³-hybridized carbons (Fsp3) is 0.417. The van der Waals surface area contributed by atoms with E-state index in [1.165, 1.54) is 11.1 Å². The zero-order valence-corrected chi connectivity index (χ0v) is 17.5. The number of carbonyl (C=O) groups is 2. The number of nitrogens with zero attached hydrogens (tertiary/aromatic N) is 1. The smallest absolute Gasteiger partial charge is 0.281 e. The van der Waals surface area contributed by atoms with Crippen LogP contribution in [-0.4, -0.2) is 49.1 Å². The van der Waals surface area contributed by atoms with Crippen LogP contribution < -0.4 is 20.1 Å². The average Bonchev–Trinajstić information content (AvgIpc) is 2.83. The molecule has 3 heterocycles. The van der Waals surface area contributed by atoms with Gasteiger partial charge in [-0.2, -0.15) is 0 Å². The van der Waals surface area contributed by atoms with Crippen LogP contribution in [0.2, 0.25) is 0 Å². The standard InChI is InChI=1S/C24H27N3O4/c28-23(26-19-5-6-21-22(14-19)31-12-11-30-21)16-7-9-27(10-8-16)24(29)20-13-17-3-1-2-4-18(17)15-25-20/h1-6,14,16,20,25H,7-13,15H2,(H,26,28)/p+1/t20-/m0/s1. The summed E-state index contributed by atoms with van der Waals surface area (Å²) >= 11 is 0. The van der Waals surface area contributed by atoms with E-state index in [0.717, 1.165) is 13.0 Å². The first-order valence-corrected chi connectivity index (χ1v) is 11.1. The fourth-order valence-corrected chi connectivity index (χ4v) is 4.70. The molecule has 0 radical (unpaired) electrons. The number of ether oxygens (including phenoxy) is 2. The van der Waals surface area contributed by atoms with Crippen molar-refractivity contribution < 1.29 is 24.4 Å². The molecule has 2 amide bonds. The second kappa shape index (κ2) is 8.59. The molecule has 31 heavy (non-hydrogen) atoms. The summed E-state index contributed by atoms with van der Waals surface area (Å²) in [4.78, 5) is 27.7. The summed E-state index contributed by atoms with van der Waals surface area (Å²) in [6.07, 6.45) is 2.15. The van der Waals surface area contributed by atoms with Crippen molar-refractivity contribution >= 4 is 17.5 Å². The third-order valence-corrected chi connectivity index (χ3v) is 6.48. The molecule has 0 unspecified atom stereocenters. The van der Waals surface area contributed by atoms with Gasteiger partial charge in [0.15, 0.2) is 17.5 Å². The second-order valence-electron chi connectivity index (χ2n) is 8.47. The molecule has 2 aromatic carbocycles. The number of nitrogens with two attached hydrogens (primary N) is 1. The van der Waals surface area contributed by atoms with Gasteiger partial charge in [0, 0.05) is 42.7 Å². The number of piperidine rings is 1. The van der Waals surface area contributed by atoms with E-state index in [2.05, 4.69) is 28.8 Å². The van der Waals surface area contributed by atoms with E-state index in [9.17, 15) is 9.59 Å². The Morgan fingerprint density at radius 3 is 2.52 bits per heavy atom. The van der Waals surface area contributed by atoms with Crippen molar-refractivity contribution in [2.75, 3.05) is 31.6 Å². The molecular formula is C24H28N3O4+. The molecule has 1 fully saturated rings. The molecule has 3 N–H and O–H groups in total. The summed E-state index contributed by atoms with van der Waals surface area (Å²) in [7, 11) is 0. The Labute approximate surface area is 181 Å². The molecule has 2 aromatic rings. The average molecular weight is 423 g/mol. The first kappa shape index (κ1) is 19.9. The van der Waals surface area contributed by atoms with Gasteiger partial charge in [0.1, 0.15) is 19.8 Å². The minimum absolute atomic E-state index is 0.00179. The topological polar surface area (TPSA) is 84.5 Å². The van der Waals surface area contributed by atoms with E-state index in [1.807, 2.05) is 29.2 Å². The number of benzene rings is 2. The van der Waals surface area contributed by atoms with Crippen LogP contribution >= 0.6 is 0 Å². The number of hydrogen-bond donors (Lipinski definition) is 2. The molecule has 7 heteroatoms. The number of carbonyl (C=O) groups excluding carboxylic acids is 2. The zero-order chi connectivity index (χ0) is 21.2. The highest BCUT2D eigenvalue weighted by atomic mass is 16.6. The Kier molecular flexibility index (Phi) is 5.51. The Morgan fingerprint density at radius 1 is 0.968 bits per heavy atom. The molecule has 0 bridgehead atoms. The Balaban J connectivity index is 1.14. The lowest BCUT2D eigenvalue weighted by Crippen LogP contribution is -2.93. The number of anilines is 1. The fourth-order valence-electron chi connectivity index (χ4n) is 4.70. The molecule has 1 saturated heterocycles. The van der Waals surface area contributed by atoms with Crippen LogP contribution in [0.3, 0.4) is 0 Å². The number of likely N-dealkylation sites (tertiary alicyclic amines) is 1. The maximum Gasteiger partial charge on any atom is 0.281 e. The van der Waals surface area contributed by atoms with Crippen molar-refractivity contribution in [1.82, 2.24) is 4.90 Å². The van der Waals surface area contributed by atoms with Gasteiger partial charge in [-0.3, -0.25) is 9.59 Å². The number of rotatable bonds is 3. The number of nitrogens with one attached hydrogen (secondary N) is 1. The van der Waals surface area contributed by atoms with Crippen molar-refractivity contribution in [2.24, 2.45) is 5.92 Å². The van der Waals surface area contributed by atoms with Gasteiger partial charge in [-0.05, 0) is 30.5 Å². The molecular weight excluding hydrogens is 394 g/mol. The largest absolute Gasteiger partial charge is 0.486 e. The SMILES string of the molecule is O=C(Nc1ccc2c(c1)OCCO2)C1CCN(C(=O)[C@@H]2Cc3ccccc3C[NH2+]2)CC1. The van der Waals surface area contributed by atoms with E-state index in [4.69, 9.17) is 9.47 Å². The predicted octanol–water partition coefficient (Wildman–Crippen LogP) is 1.32. The highest BCUT2D eigenvalue weighted by Crippen LogP contribution is 2.33. The minimum Gasteiger partial charge on any atom is -0.486 e. The lowest BCUT2D eigenvalue weighted by Gasteiger charge is -2.34. The van der Waals surface area contributed by atoms with Gasteiger partial charge in [0.05, 0.1) is 0 Å². The number of fused-ring (bicyclic) bond motifs is 2. The van der Waals surface area contributed by atoms with Gasteiger partial charge < -0.3 is 25.0 Å². The summed E-state index contributed by atoms with van der Waals surface area (Å²) < 4.78 is 11.1. The van der Waals surface area contributed by atoms with Crippen molar-refractivity contribution in [3.05, 3.63) is 53.6 Å². The van der Waals surface area contributed by atoms with Gasteiger partial charge in [-0.1, -0.05) is 24.3 Å². The second-order valence-corrected chi connectivity index (χ2v) is 8.47. The molecule has 7 nitrogen and oxygen atoms in total. The Hall–Kier alpha value is -3.06. The maximum absolute atomic E-state index is 13.0. The Morgan fingerprint density at radius 2 is 1.71 bits per heavy atom. The first-order valence-electron chi connectivity index (χ1n) is 11.1. The van der Waals surface area contributed by atoms with Crippen molar-refractivity contribution in [2.45, 2.75) is 31.8 Å². The number of hydrogen-bond acceptors (Lipinski definition) is 4. The van der Waals surface area contributed by atoms with Crippen LogP contribution in [0.4, 0.5) is 5.69 Å². The van der Waals surface area contributed by atoms with Crippen LogP contribution in [0.1, 0.15) is 24.0 Å². The first-order chi connectivity index (χ1) is 15.2. The third-order valence-electron chi connectivity index (χ3n) is 6.48. The molecule has 0 aromatic heterocycles. The van der Waals surface area contributed by atoms with E-state index in [-0.39, 0.29) is 23.8 Å². The van der Waals surface area contributed by atoms with Crippen LogP contribution in [0.15, 0.2) is 42.5 Å². The van der Waals surface area contributed by atoms with Crippen LogP contribution in [0.25, 0.3) is 0 Å². The molecule has 162 valence electrons. The van der Waals surface area contributed by atoms with Gasteiger partial charge >= 0.3 is 0 Å². The number of quaternary nitrogens is 1. The third kappa shape index (κ3) is 4.23.